The van der Waals surface area contributed by atoms with Crippen LogP contribution in [0.5, 0.6) is 0 Å². The zero-order chi connectivity index (χ0) is 17.3. The molecule has 1 aliphatic rings. The molecule has 0 aromatic heterocycles. The van der Waals surface area contributed by atoms with Gasteiger partial charge in [-0.2, -0.15) is 0 Å². The summed E-state index contributed by atoms with van der Waals surface area (Å²) in [7, 11) is 0. The van der Waals surface area contributed by atoms with E-state index in [4.69, 9.17) is 12.2 Å². The van der Waals surface area contributed by atoms with Gasteiger partial charge in [0.25, 0.3) is 11.8 Å². The normalized spacial score (nSPS) is 16.1. The van der Waals surface area contributed by atoms with Gasteiger partial charge < -0.3 is 0 Å². The Morgan fingerprint density at radius 1 is 1.08 bits per heavy atom. The first kappa shape index (κ1) is 16.5. The zero-order valence-electron chi connectivity index (χ0n) is 12.0. The Morgan fingerprint density at radius 3 is 2.42 bits per heavy atom. The van der Waals surface area contributed by atoms with E-state index in [0.29, 0.717) is 0 Å². The Bertz CT molecular complexity index is 878. The van der Waals surface area contributed by atoms with Gasteiger partial charge in [-0.15, -0.1) is 0 Å². The van der Waals surface area contributed by atoms with E-state index < -0.39 is 23.4 Å². The van der Waals surface area contributed by atoms with E-state index in [2.05, 4.69) is 0 Å². The topological polar surface area (TPSA) is 37.4 Å². The summed E-state index contributed by atoms with van der Waals surface area (Å²) in [5, 5.41) is 0. The Hall–Kier alpha value is -2.38. The van der Waals surface area contributed by atoms with Gasteiger partial charge in [-0.3, -0.25) is 9.59 Å². The van der Waals surface area contributed by atoms with E-state index in [1.54, 1.807) is 6.07 Å². The minimum absolute atomic E-state index is 0.0527. The molecule has 1 saturated heterocycles. The van der Waals surface area contributed by atoms with Crippen LogP contribution in [0.3, 0.4) is 0 Å². The quantitative estimate of drug-likeness (QED) is 0.460. The van der Waals surface area contributed by atoms with Crippen LogP contribution in [0.2, 0.25) is 0 Å². The Labute approximate surface area is 146 Å². The lowest BCUT2D eigenvalue weighted by atomic mass is 10.2. The number of carbonyl (C=O) groups excluding carboxylic acids is 2. The Balaban J connectivity index is 1.91. The van der Waals surface area contributed by atoms with Crippen LogP contribution in [0.4, 0.5) is 8.78 Å². The van der Waals surface area contributed by atoms with Gasteiger partial charge in [-0.1, -0.05) is 42.2 Å². The number of halogens is 2. The first-order valence-electron chi connectivity index (χ1n) is 6.80. The van der Waals surface area contributed by atoms with Crippen LogP contribution in [-0.2, 0) is 4.79 Å². The number of thiocarbonyl (C=S) groups is 1. The molecule has 7 heteroatoms. The van der Waals surface area contributed by atoms with Gasteiger partial charge in [0.2, 0.25) is 0 Å². The van der Waals surface area contributed by atoms with Crippen molar-refractivity contribution in [2.45, 2.75) is 0 Å². The highest BCUT2D eigenvalue weighted by Crippen LogP contribution is 2.33. The molecular formula is C17H9F2NO2S2. The largest absolute Gasteiger partial charge is 0.273 e. The molecule has 0 aliphatic carbocycles. The van der Waals surface area contributed by atoms with Crippen LogP contribution in [-0.4, -0.2) is 21.0 Å². The van der Waals surface area contributed by atoms with Gasteiger partial charge in [-0.05, 0) is 36.4 Å². The molecule has 2 aromatic carbocycles. The van der Waals surface area contributed by atoms with Crippen molar-refractivity contribution in [2.75, 3.05) is 0 Å². The number of carbonyl (C=O) groups is 2. The van der Waals surface area contributed by atoms with Crippen LogP contribution >= 0.6 is 24.0 Å². The van der Waals surface area contributed by atoms with E-state index in [9.17, 15) is 18.4 Å². The molecule has 3 nitrogen and oxygen atoms in total. The fourth-order valence-corrected chi connectivity index (χ4v) is 3.34. The van der Waals surface area contributed by atoms with Crippen molar-refractivity contribution in [1.82, 2.24) is 4.90 Å². The molecule has 0 N–H and O–H groups in total. The second kappa shape index (κ2) is 6.62. The lowest BCUT2D eigenvalue weighted by molar-refractivity contribution is -0.120. The Kier molecular flexibility index (Phi) is 4.55. The number of hydrogen-bond donors (Lipinski definition) is 0. The monoisotopic (exact) mass is 361 g/mol. The predicted molar refractivity (Wildman–Crippen MR) is 92.1 cm³/mol. The highest BCUT2D eigenvalue weighted by Gasteiger charge is 2.37. The van der Waals surface area contributed by atoms with Crippen LogP contribution in [0, 0.1) is 11.6 Å². The maximum absolute atomic E-state index is 13.7. The summed E-state index contributed by atoms with van der Waals surface area (Å²) in [6, 6.07) is 10.8. The van der Waals surface area contributed by atoms with Crippen molar-refractivity contribution >= 4 is 46.2 Å². The molecule has 1 heterocycles. The van der Waals surface area contributed by atoms with Gasteiger partial charge in [0, 0.05) is 11.1 Å². The van der Waals surface area contributed by atoms with Gasteiger partial charge >= 0.3 is 0 Å². The van der Waals surface area contributed by atoms with E-state index in [1.807, 2.05) is 0 Å². The maximum atomic E-state index is 13.7. The van der Waals surface area contributed by atoms with Gasteiger partial charge in [0.1, 0.15) is 11.6 Å². The zero-order valence-corrected chi connectivity index (χ0v) is 13.7. The van der Waals surface area contributed by atoms with Crippen molar-refractivity contribution in [3.8, 4) is 0 Å². The molecule has 0 saturated carbocycles. The Morgan fingerprint density at radius 2 is 1.75 bits per heavy atom. The van der Waals surface area contributed by atoms with Crippen molar-refractivity contribution in [2.24, 2.45) is 0 Å². The molecular weight excluding hydrogens is 352 g/mol. The highest BCUT2D eigenvalue weighted by molar-refractivity contribution is 8.26. The van der Waals surface area contributed by atoms with Gasteiger partial charge in [0.05, 0.1) is 4.91 Å². The minimum Gasteiger partial charge on any atom is -0.268 e. The molecule has 24 heavy (non-hydrogen) atoms. The smallest absolute Gasteiger partial charge is 0.268 e. The summed E-state index contributed by atoms with van der Waals surface area (Å²) < 4.78 is 26.7. The van der Waals surface area contributed by atoms with Crippen molar-refractivity contribution < 1.29 is 18.4 Å². The summed E-state index contributed by atoms with van der Waals surface area (Å²) in [5.41, 5.74) is 0.368. The molecule has 0 spiro atoms. The molecule has 0 bridgehead atoms. The van der Waals surface area contributed by atoms with E-state index in [-0.39, 0.29) is 20.4 Å². The summed E-state index contributed by atoms with van der Waals surface area (Å²) in [5.74, 6) is -2.24. The lowest BCUT2D eigenvalue weighted by Crippen LogP contribution is -2.34. The third kappa shape index (κ3) is 3.13. The molecule has 0 radical (unpaired) electrons. The van der Waals surface area contributed by atoms with Gasteiger partial charge in [0.15, 0.2) is 4.32 Å². The van der Waals surface area contributed by atoms with Crippen molar-refractivity contribution in [3.05, 3.63) is 76.2 Å². The van der Waals surface area contributed by atoms with Crippen LogP contribution in [0.25, 0.3) is 6.08 Å². The number of thioether (sulfide) groups is 1. The van der Waals surface area contributed by atoms with Crippen LogP contribution < -0.4 is 0 Å². The number of amides is 2. The first-order chi connectivity index (χ1) is 11.5. The van der Waals surface area contributed by atoms with E-state index in [0.717, 1.165) is 28.8 Å². The molecule has 1 fully saturated rings. The molecule has 3 rings (SSSR count). The summed E-state index contributed by atoms with van der Waals surface area (Å²) in [4.78, 5) is 25.9. The summed E-state index contributed by atoms with van der Waals surface area (Å²) >= 11 is 6.00. The average molecular weight is 361 g/mol. The SMILES string of the molecule is O=C1/C(=C\c2ccccc2F)SC(=S)N1C(=O)c1ccc(F)cc1. The molecule has 2 amide bonds. The maximum Gasteiger partial charge on any atom is 0.273 e. The van der Waals surface area contributed by atoms with Crippen LogP contribution in [0.1, 0.15) is 15.9 Å². The highest BCUT2D eigenvalue weighted by atomic mass is 32.2. The van der Waals surface area contributed by atoms with Crippen LogP contribution in [0.15, 0.2) is 53.4 Å². The number of imide groups is 1. The number of rotatable bonds is 2. The second-order valence-electron chi connectivity index (χ2n) is 4.85. The minimum atomic E-state index is -0.644. The van der Waals surface area contributed by atoms with Crippen molar-refractivity contribution in [3.63, 3.8) is 0 Å². The van der Waals surface area contributed by atoms with Crippen molar-refractivity contribution in [1.29, 1.82) is 0 Å². The third-order valence-corrected chi connectivity index (χ3v) is 4.58. The summed E-state index contributed by atoms with van der Waals surface area (Å²) in [6.07, 6.45) is 1.35. The fraction of sp³-hybridized carbons (Fsp3) is 0. The first-order valence-corrected chi connectivity index (χ1v) is 8.02. The van der Waals surface area contributed by atoms with E-state index >= 15 is 0 Å². The van der Waals surface area contributed by atoms with Gasteiger partial charge in [-0.25, -0.2) is 13.7 Å². The molecule has 120 valence electrons. The number of benzene rings is 2. The molecule has 2 aromatic rings. The fourth-order valence-electron chi connectivity index (χ4n) is 2.10. The molecule has 1 aliphatic heterocycles. The standard InChI is InChI=1S/C17H9F2NO2S2/c18-12-7-5-10(6-8-12)15(21)20-16(22)14(24-17(20)23)9-11-3-1-2-4-13(11)19/h1-9H/b14-9+. The number of nitrogens with zero attached hydrogens (tertiary/aromatic N) is 1. The lowest BCUT2D eigenvalue weighted by Gasteiger charge is -2.12. The van der Waals surface area contributed by atoms with E-state index in [1.165, 1.54) is 36.4 Å². The third-order valence-electron chi connectivity index (χ3n) is 3.28. The second-order valence-corrected chi connectivity index (χ2v) is 6.53. The number of hydrogen-bond acceptors (Lipinski definition) is 4. The predicted octanol–water partition coefficient (Wildman–Crippen LogP) is 4.01. The summed E-state index contributed by atoms with van der Waals surface area (Å²) in [6.45, 7) is 0. The molecule has 0 atom stereocenters. The molecule has 0 unspecified atom stereocenters. The average Bonchev–Trinajstić information content (AvgIpc) is 2.84.